The molecule has 1 heterocycles. The molecule has 0 atom stereocenters. The number of hydrogen-bond acceptors (Lipinski definition) is 3. The van der Waals surface area contributed by atoms with E-state index in [0.717, 1.165) is 5.56 Å². The van der Waals surface area contributed by atoms with Crippen molar-refractivity contribution in [2.75, 3.05) is 5.73 Å². The van der Waals surface area contributed by atoms with Gasteiger partial charge in [0.2, 0.25) is 0 Å². The maximum absolute atomic E-state index is 12.5. The van der Waals surface area contributed by atoms with Gasteiger partial charge in [-0.15, -0.1) is 5.10 Å². The van der Waals surface area contributed by atoms with Crippen LogP contribution >= 0.6 is 11.6 Å². The number of benzene rings is 2. The molecular formula is C15H12ClN3O. The first-order valence-electron chi connectivity index (χ1n) is 6.11. The third kappa shape index (κ3) is 2.04. The molecule has 3 rings (SSSR count). The van der Waals surface area contributed by atoms with Crippen LogP contribution < -0.4 is 11.3 Å². The van der Waals surface area contributed by atoms with Crippen molar-refractivity contribution in [1.82, 2.24) is 9.78 Å². The van der Waals surface area contributed by atoms with Gasteiger partial charge in [0.25, 0.3) is 5.56 Å². The highest BCUT2D eigenvalue weighted by molar-refractivity contribution is 6.31. The molecule has 0 aliphatic carbocycles. The monoisotopic (exact) mass is 285 g/mol. The van der Waals surface area contributed by atoms with Crippen molar-refractivity contribution in [3.8, 4) is 5.69 Å². The van der Waals surface area contributed by atoms with Crippen molar-refractivity contribution in [2.45, 2.75) is 6.92 Å². The van der Waals surface area contributed by atoms with Crippen LogP contribution in [-0.2, 0) is 0 Å². The van der Waals surface area contributed by atoms with Gasteiger partial charge in [-0.25, -0.2) is 0 Å². The Morgan fingerprint density at radius 3 is 2.50 bits per heavy atom. The fourth-order valence-electron chi connectivity index (χ4n) is 2.10. The smallest absolute Gasteiger partial charge is 0.279 e. The molecule has 0 radical (unpaired) electrons. The lowest BCUT2D eigenvalue weighted by Gasteiger charge is -2.09. The van der Waals surface area contributed by atoms with Gasteiger partial charge < -0.3 is 5.73 Å². The zero-order valence-electron chi connectivity index (χ0n) is 10.8. The van der Waals surface area contributed by atoms with Gasteiger partial charge in [-0.2, -0.15) is 4.68 Å². The molecule has 0 unspecified atom stereocenters. The van der Waals surface area contributed by atoms with E-state index in [1.807, 2.05) is 31.2 Å². The van der Waals surface area contributed by atoms with Gasteiger partial charge in [0.05, 0.1) is 11.1 Å². The lowest BCUT2D eigenvalue weighted by molar-refractivity contribution is 0.828. The highest BCUT2D eigenvalue weighted by atomic mass is 35.5. The van der Waals surface area contributed by atoms with Crippen molar-refractivity contribution in [3.05, 3.63) is 63.4 Å². The summed E-state index contributed by atoms with van der Waals surface area (Å²) < 4.78 is 1.30. The van der Waals surface area contributed by atoms with Gasteiger partial charge in [-0.05, 0) is 37.3 Å². The highest BCUT2D eigenvalue weighted by Crippen LogP contribution is 2.20. The van der Waals surface area contributed by atoms with Crippen molar-refractivity contribution in [1.29, 1.82) is 0 Å². The minimum atomic E-state index is -0.236. The van der Waals surface area contributed by atoms with Crippen LogP contribution in [0.15, 0.2) is 47.3 Å². The third-order valence-corrected chi connectivity index (χ3v) is 3.40. The lowest BCUT2D eigenvalue weighted by atomic mass is 10.2. The molecule has 0 bridgehead atoms. The molecule has 100 valence electrons. The van der Waals surface area contributed by atoms with Crippen LogP contribution in [0.25, 0.3) is 16.5 Å². The van der Waals surface area contributed by atoms with Gasteiger partial charge in [-0.3, -0.25) is 4.79 Å². The van der Waals surface area contributed by atoms with Crippen LogP contribution in [0.4, 0.5) is 5.82 Å². The minimum absolute atomic E-state index is 0.236. The van der Waals surface area contributed by atoms with Crippen LogP contribution in [0.3, 0.4) is 0 Å². The van der Waals surface area contributed by atoms with Gasteiger partial charge in [-0.1, -0.05) is 29.3 Å². The number of hydrogen-bond donors (Lipinski definition) is 1. The standard InChI is InChI=1S/C15H12ClN3O/c1-9-2-5-11(6-3-9)19-15(20)13-8-10(16)4-7-12(13)14(17)18-19/h2-8H,1H3,(H2,17,18). The summed E-state index contributed by atoms with van der Waals surface area (Å²) >= 11 is 5.95. The summed E-state index contributed by atoms with van der Waals surface area (Å²) in [6.45, 7) is 1.98. The number of nitrogens with zero attached hydrogens (tertiary/aromatic N) is 2. The first-order valence-corrected chi connectivity index (χ1v) is 6.49. The van der Waals surface area contributed by atoms with E-state index in [1.165, 1.54) is 4.68 Å². The first-order chi connectivity index (χ1) is 9.56. The first kappa shape index (κ1) is 12.7. The van der Waals surface area contributed by atoms with Crippen LogP contribution in [0.2, 0.25) is 5.02 Å². The minimum Gasteiger partial charge on any atom is -0.382 e. The molecule has 0 saturated heterocycles. The van der Waals surface area contributed by atoms with E-state index in [1.54, 1.807) is 18.2 Å². The number of rotatable bonds is 1. The fraction of sp³-hybridized carbons (Fsp3) is 0.0667. The molecule has 0 spiro atoms. The van der Waals surface area contributed by atoms with Gasteiger partial charge in [0, 0.05) is 10.4 Å². The molecule has 1 aromatic heterocycles. The van der Waals surface area contributed by atoms with E-state index in [4.69, 9.17) is 17.3 Å². The summed E-state index contributed by atoms with van der Waals surface area (Å²) in [7, 11) is 0. The number of aromatic nitrogens is 2. The SMILES string of the molecule is Cc1ccc(-n2nc(N)c3ccc(Cl)cc3c2=O)cc1. The van der Waals surface area contributed by atoms with Crippen LogP contribution in [-0.4, -0.2) is 9.78 Å². The quantitative estimate of drug-likeness (QED) is 0.748. The second-order valence-corrected chi connectivity index (χ2v) is 5.06. The van der Waals surface area contributed by atoms with Crippen molar-refractivity contribution in [3.63, 3.8) is 0 Å². The van der Waals surface area contributed by atoms with Gasteiger partial charge >= 0.3 is 0 Å². The van der Waals surface area contributed by atoms with E-state index in [0.29, 0.717) is 27.3 Å². The second-order valence-electron chi connectivity index (χ2n) is 4.63. The second kappa shape index (κ2) is 4.65. The summed E-state index contributed by atoms with van der Waals surface area (Å²) in [6, 6.07) is 12.5. The molecule has 3 aromatic rings. The van der Waals surface area contributed by atoms with Crippen LogP contribution in [0, 0.1) is 6.92 Å². The summed E-state index contributed by atoms with van der Waals surface area (Å²) in [4.78, 5) is 12.5. The summed E-state index contributed by atoms with van der Waals surface area (Å²) in [5.74, 6) is 0.303. The summed E-state index contributed by atoms with van der Waals surface area (Å²) in [5.41, 5.74) is 7.48. The summed E-state index contributed by atoms with van der Waals surface area (Å²) in [6.07, 6.45) is 0. The lowest BCUT2D eigenvalue weighted by Crippen LogP contribution is -2.22. The van der Waals surface area contributed by atoms with Crippen molar-refractivity contribution in [2.24, 2.45) is 0 Å². The van der Waals surface area contributed by atoms with Gasteiger partial charge in [0.15, 0.2) is 5.82 Å². The molecular weight excluding hydrogens is 274 g/mol. The van der Waals surface area contributed by atoms with Crippen molar-refractivity contribution >= 4 is 28.2 Å². The van der Waals surface area contributed by atoms with Crippen LogP contribution in [0.5, 0.6) is 0 Å². The Balaban J connectivity index is 2.35. The Hall–Kier alpha value is -2.33. The zero-order valence-corrected chi connectivity index (χ0v) is 11.6. The molecule has 2 aromatic carbocycles. The molecule has 0 saturated carbocycles. The molecule has 0 fully saturated rings. The average Bonchev–Trinajstić information content (AvgIpc) is 2.44. The average molecular weight is 286 g/mol. The predicted octanol–water partition coefficient (Wildman–Crippen LogP) is 2.93. The number of nitrogen functional groups attached to an aromatic ring is 1. The normalized spacial score (nSPS) is 10.9. The molecule has 20 heavy (non-hydrogen) atoms. The van der Waals surface area contributed by atoms with E-state index in [2.05, 4.69) is 5.10 Å². The number of aryl methyl sites for hydroxylation is 1. The number of anilines is 1. The molecule has 0 amide bonds. The summed E-state index contributed by atoms with van der Waals surface area (Å²) in [5, 5.41) is 5.74. The Bertz CT molecular complexity index is 853. The number of halogens is 1. The Morgan fingerprint density at radius 1 is 1.10 bits per heavy atom. The molecule has 2 N–H and O–H groups in total. The Morgan fingerprint density at radius 2 is 1.80 bits per heavy atom. The molecule has 5 heteroatoms. The fourth-order valence-corrected chi connectivity index (χ4v) is 2.27. The van der Waals surface area contributed by atoms with E-state index >= 15 is 0 Å². The Labute approximate surface area is 120 Å². The molecule has 0 aliphatic heterocycles. The van der Waals surface area contributed by atoms with E-state index in [-0.39, 0.29) is 5.56 Å². The third-order valence-electron chi connectivity index (χ3n) is 3.17. The van der Waals surface area contributed by atoms with E-state index in [9.17, 15) is 4.79 Å². The molecule has 0 aliphatic rings. The topological polar surface area (TPSA) is 60.9 Å². The number of nitrogens with two attached hydrogens (primary N) is 1. The van der Waals surface area contributed by atoms with Gasteiger partial charge in [0.1, 0.15) is 0 Å². The predicted molar refractivity (Wildman–Crippen MR) is 81.5 cm³/mol. The van der Waals surface area contributed by atoms with Crippen LogP contribution in [0.1, 0.15) is 5.56 Å². The zero-order chi connectivity index (χ0) is 14.3. The Kier molecular flexibility index (Phi) is 2.95. The van der Waals surface area contributed by atoms with E-state index < -0.39 is 0 Å². The maximum atomic E-state index is 12.5. The highest BCUT2D eigenvalue weighted by Gasteiger charge is 2.10. The van der Waals surface area contributed by atoms with Crippen molar-refractivity contribution < 1.29 is 0 Å². The maximum Gasteiger partial charge on any atom is 0.279 e. The number of fused-ring (bicyclic) bond motifs is 1. The largest absolute Gasteiger partial charge is 0.382 e. The molecule has 4 nitrogen and oxygen atoms in total.